The fourth-order valence-corrected chi connectivity index (χ4v) is 5.23. The number of ether oxygens (including phenoxy) is 1. The van der Waals surface area contributed by atoms with Crippen molar-refractivity contribution >= 4 is 31.6 Å². The quantitative estimate of drug-likeness (QED) is 0.462. The Balaban J connectivity index is 1.51. The maximum Gasteiger partial charge on any atom is 0.322 e. The van der Waals surface area contributed by atoms with Gasteiger partial charge in [-0.2, -0.15) is 0 Å². The molecule has 0 unspecified atom stereocenters. The van der Waals surface area contributed by atoms with Gasteiger partial charge in [-0.05, 0) is 42.8 Å². The van der Waals surface area contributed by atoms with Crippen LogP contribution in [0.2, 0.25) is 0 Å². The van der Waals surface area contributed by atoms with Gasteiger partial charge in [0.15, 0.2) is 19.7 Å². The summed E-state index contributed by atoms with van der Waals surface area (Å²) < 4.78 is 59.6. The van der Waals surface area contributed by atoms with Crippen molar-refractivity contribution in [2.75, 3.05) is 18.2 Å². The van der Waals surface area contributed by atoms with Gasteiger partial charge in [0.05, 0.1) is 22.7 Å². The molecule has 1 aromatic heterocycles. The number of methoxy groups -OCH3 is 1. The van der Waals surface area contributed by atoms with Crippen LogP contribution >= 0.6 is 0 Å². The van der Waals surface area contributed by atoms with E-state index in [4.69, 9.17) is 9.15 Å². The van der Waals surface area contributed by atoms with Gasteiger partial charge in [-0.1, -0.05) is 23.3 Å². The molecule has 12 heteroatoms. The van der Waals surface area contributed by atoms with Gasteiger partial charge in [0, 0.05) is 6.42 Å². The van der Waals surface area contributed by atoms with E-state index in [9.17, 15) is 21.6 Å². The summed E-state index contributed by atoms with van der Waals surface area (Å²) in [5, 5.41) is 9.59. The molecule has 1 heterocycles. The monoisotopic (exact) mass is 479 g/mol. The molecule has 170 valence electrons. The van der Waals surface area contributed by atoms with E-state index in [-0.39, 0.29) is 40.3 Å². The van der Waals surface area contributed by atoms with Crippen LogP contribution in [-0.2, 0) is 30.2 Å². The number of nitrogens with zero attached hydrogens (tertiary/aromatic N) is 2. The second-order valence-corrected chi connectivity index (χ2v) is 10.8. The third kappa shape index (κ3) is 6.14. The Hall–Kier alpha value is -3.25. The van der Waals surface area contributed by atoms with E-state index in [0.717, 1.165) is 0 Å². The highest BCUT2D eigenvalue weighted by atomic mass is 32.2. The second-order valence-electron chi connectivity index (χ2n) is 6.72. The van der Waals surface area contributed by atoms with E-state index >= 15 is 0 Å². The summed E-state index contributed by atoms with van der Waals surface area (Å²) in [4.78, 5) is 12.3. The van der Waals surface area contributed by atoms with Crippen LogP contribution in [0.25, 0.3) is 0 Å². The Labute approximate surface area is 185 Å². The zero-order valence-electron chi connectivity index (χ0n) is 17.1. The van der Waals surface area contributed by atoms with Crippen molar-refractivity contribution < 1.29 is 30.8 Å². The predicted octanol–water partition coefficient (Wildman–Crippen LogP) is 2.24. The lowest BCUT2D eigenvalue weighted by molar-refractivity contribution is -0.116. The number of nitrogens with one attached hydrogen (secondary N) is 1. The van der Waals surface area contributed by atoms with Gasteiger partial charge in [-0.15, -0.1) is 5.10 Å². The summed E-state index contributed by atoms with van der Waals surface area (Å²) in [6, 6.07) is 13.5. The normalized spacial score (nSPS) is 11.8. The van der Waals surface area contributed by atoms with E-state index in [1.54, 1.807) is 30.3 Å². The number of amides is 1. The largest absolute Gasteiger partial charge is 0.497 e. The molecule has 1 N–H and O–H groups in total. The summed E-state index contributed by atoms with van der Waals surface area (Å²) in [6.07, 6.45) is -0.0288. The fraction of sp³-hybridized carbons (Fsp3) is 0.250. The molecule has 0 radical (unpaired) electrons. The van der Waals surface area contributed by atoms with Crippen molar-refractivity contribution in [3.05, 3.63) is 60.5 Å². The first-order chi connectivity index (χ1) is 15.2. The van der Waals surface area contributed by atoms with Gasteiger partial charge in [-0.25, -0.2) is 16.8 Å². The molecule has 3 rings (SSSR count). The Kier molecular flexibility index (Phi) is 7.26. The summed E-state index contributed by atoms with van der Waals surface area (Å²) in [6.45, 7) is 0. The first-order valence-electron chi connectivity index (χ1n) is 9.46. The van der Waals surface area contributed by atoms with Crippen LogP contribution in [0.5, 0.6) is 5.75 Å². The SMILES string of the molecule is COc1ccc(S(=O)(=O)CCCC(=O)Nc2nnc(CS(=O)(=O)c3ccccc3)o2)cc1. The highest BCUT2D eigenvalue weighted by Crippen LogP contribution is 2.19. The van der Waals surface area contributed by atoms with E-state index < -0.39 is 31.3 Å². The molecule has 3 aromatic rings. The maximum atomic E-state index is 12.4. The van der Waals surface area contributed by atoms with Crippen molar-refractivity contribution in [1.82, 2.24) is 10.2 Å². The average Bonchev–Trinajstić information content (AvgIpc) is 3.20. The molecule has 0 atom stereocenters. The van der Waals surface area contributed by atoms with E-state index in [0.29, 0.717) is 5.75 Å². The predicted molar refractivity (Wildman–Crippen MR) is 115 cm³/mol. The molecule has 0 fully saturated rings. The van der Waals surface area contributed by atoms with Crippen LogP contribution in [0.4, 0.5) is 6.01 Å². The van der Waals surface area contributed by atoms with Gasteiger partial charge in [0.2, 0.25) is 11.8 Å². The molecule has 0 saturated carbocycles. The summed E-state index contributed by atoms with van der Waals surface area (Å²) in [5.74, 6) is -0.905. The van der Waals surface area contributed by atoms with Crippen LogP contribution < -0.4 is 10.1 Å². The summed E-state index contributed by atoms with van der Waals surface area (Å²) >= 11 is 0. The van der Waals surface area contributed by atoms with Gasteiger partial charge in [-0.3, -0.25) is 10.1 Å². The van der Waals surface area contributed by atoms with E-state index in [1.165, 1.54) is 31.4 Å². The molecule has 0 spiro atoms. The number of carbonyl (C=O) groups is 1. The van der Waals surface area contributed by atoms with Crippen molar-refractivity contribution in [3.8, 4) is 5.75 Å². The molecule has 1 amide bonds. The zero-order chi connectivity index (χ0) is 23.2. The molecule has 0 aliphatic carbocycles. The summed E-state index contributed by atoms with van der Waals surface area (Å²) in [7, 11) is -5.74. The number of hydrogen-bond donors (Lipinski definition) is 1. The Morgan fingerprint density at radius 2 is 1.59 bits per heavy atom. The number of anilines is 1. The van der Waals surface area contributed by atoms with Crippen molar-refractivity contribution in [2.24, 2.45) is 0 Å². The molecule has 10 nitrogen and oxygen atoms in total. The zero-order valence-corrected chi connectivity index (χ0v) is 18.7. The van der Waals surface area contributed by atoms with Crippen LogP contribution in [0, 0.1) is 0 Å². The maximum absolute atomic E-state index is 12.4. The van der Waals surface area contributed by atoms with Crippen molar-refractivity contribution in [2.45, 2.75) is 28.4 Å². The number of hydrogen-bond acceptors (Lipinski definition) is 9. The van der Waals surface area contributed by atoms with Gasteiger partial charge in [0.1, 0.15) is 11.5 Å². The van der Waals surface area contributed by atoms with Crippen LogP contribution in [-0.4, -0.2) is 45.8 Å². The molecular formula is C20H21N3O7S2. The Morgan fingerprint density at radius 1 is 0.938 bits per heavy atom. The molecule has 0 aliphatic heterocycles. The Morgan fingerprint density at radius 3 is 2.25 bits per heavy atom. The third-order valence-electron chi connectivity index (χ3n) is 4.36. The molecule has 2 aromatic carbocycles. The second kappa shape index (κ2) is 9.92. The number of rotatable bonds is 10. The van der Waals surface area contributed by atoms with Crippen LogP contribution in [0.3, 0.4) is 0 Å². The number of aromatic nitrogens is 2. The minimum absolute atomic E-state index is 0.0730. The first kappa shape index (κ1) is 23.4. The number of sulfone groups is 2. The van der Waals surface area contributed by atoms with Gasteiger partial charge >= 0.3 is 6.01 Å². The molecule has 0 aliphatic rings. The third-order valence-corrected chi connectivity index (χ3v) is 7.80. The van der Waals surface area contributed by atoms with Gasteiger partial charge in [0.25, 0.3) is 0 Å². The minimum Gasteiger partial charge on any atom is -0.497 e. The Bertz CT molecular complexity index is 1270. The van der Waals surface area contributed by atoms with Crippen LogP contribution in [0.1, 0.15) is 18.7 Å². The minimum atomic E-state index is -3.67. The average molecular weight is 480 g/mol. The van der Waals surface area contributed by atoms with E-state index in [1.807, 2.05) is 0 Å². The standard InChI is InChI=1S/C20H21N3O7S2/c1-29-15-9-11-17(12-10-15)31(25,26)13-5-8-18(24)21-20-23-22-19(30-20)14-32(27,28)16-6-3-2-4-7-16/h2-4,6-7,9-12H,5,8,13-14H2,1H3,(H,21,23,24). The van der Waals surface area contributed by atoms with E-state index in [2.05, 4.69) is 15.5 Å². The summed E-state index contributed by atoms with van der Waals surface area (Å²) in [5.41, 5.74) is 0. The smallest absolute Gasteiger partial charge is 0.322 e. The lowest BCUT2D eigenvalue weighted by Gasteiger charge is -2.05. The highest BCUT2D eigenvalue weighted by Gasteiger charge is 2.20. The molecule has 0 bridgehead atoms. The lowest BCUT2D eigenvalue weighted by atomic mass is 10.3. The molecule has 0 saturated heterocycles. The fourth-order valence-electron chi connectivity index (χ4n) is 2.74. The van der Waals surface area contributed by atoms with Crippen LogP contribution in [0.15, 0.2) is 68.8 Å². The van der Waals surface area contributed by atoms with Gasteiger partial charge < -0.3 is 9.15 Å². The number of benzene rings is 2. The lowest BCUT2D eigenvalue weighted by Crippen LogP contribution is -2.14. The first-order valence-corrected chi connectivity index (χ1v) is 12.8. The molecular weight excluding hydrogens is 458 g/mol. The highest BCUT2D eigenvalue weighted by molar-refractivity contribution is 7.91. The number of carbonyl (C=O) groups excluding carboxylic acids is 1. The molecule has 32 heavy (non-hydrogen) atoms. The van der Waals surface area contributed by atoms with Crippen molar-refractivity contribution in [1.29, 1.82) is 0 Å². The van der Waals surface area contributed by atoms with Crippen molar-refractivity contribution in [3.63, 3.8) is 0 Å². The topological polar surface area (TPSA) is 146 Å².